The van der Waals surface area contributed by atoms with Gasteiger partial charge in [0.15, 0.2) is 0 Å². The van der Waals surface area contributed by atoms with E-state index < -0.39 is 12.1 Å². The molecular weight excluding hydrogens is 638 g/mol. The van der Waals surface area contributed by atoms with Crippen LogP contribution in [0.3, 0.4) is 0 Å². The first-order valence-electron chi connectivity index (χ1n) is 19.8. The van der Waals surface area contributed by atoms with E-state index in [0.29, 0.717) is 45.3 Å². The molecule has 0 radical (unpaired) electrons. The molecule has 2 rings (SSSR count). The minimum atomic E-state index is -0.817. The fraction of sp³-hybridized carbons (Fsp3) is 0.634. The Kier molecular flexibility index (Phi) is 25.0. The summed E-state index contributed by atoms with van der Waals surface area (Å²) in [6.45, 7) is 5.60. The van der Waals surface area contributed by atoms with Crippen LogP contribution in [0.1, 0.15) is 122 Å². The summed E-state index contributed by atoms with van der Waals surface area (Å²) in [5.41, 5.74) is 13.2. The molecule has 1 aromatic heterocycles. The van der Waals surface area contributed by atoms with Gasteiger partial charge in [-0.05, 0) is 108 Å². The van der Waals surface area contributed by atoms with Crippen LogP contribution in [0.2, 0.25) is 0 Å². The van der Waals surface area contributed by atoms with E-state index in [4.69, 9.17) is 11.5 Å². The number of benzene rings is 1. The summed E-state index contributed by atoms with van der Waals surface area (Å²) in [6, 6.07) is 6.36. The topological polar surface area (TPSA) is 167 Å². The van der Waals surface area contributed by atoms with Crippen LogP contribution in [0, 0.1) is 0 Å². The molecule has 2 aromatic rings. The summed E-state index contributed by atoms with van der Waals surface area (Å²) < 4.78 is 0. The monoisotopic (exact) mass is 708 g/mol. The second-order valence-corrected chi connectivity index (χ2v) is 13.5. The van der Waals surface area contributed by atoms with E-state index in [1.165, 1.54) is 25.7 Å². The van der Waals surface area contributed by atoms with E-state index in [2.05, 4.69) is 57.5 Å². The van der Waals surface area contributed by atoms with Crippen LogP contribution in [0.15, 0.2) is 54.8 Å². The maximum absolute atomic E-state index is 13.8. The van der Waals surface area contributed by atoms with Gasteiger partial charge in [0.1, 0.15) is 12.1 Å². The van der Waals surface area contributed by atoms with Crippen LogP contribution in [0.4, 0.5) is 0 Å². The molecule has 0 aliphatic carbocycles. The number of aromatic amines is 1. The lowest BCUT2D eigenvalue weighted by Gasteiger charge is -2.23. The lowest BCUT2D eigenvalue weighted by molar-refractivity contribution is -0.132. The lowest BCUT2D eigenvalue weighted by atomic mass is 10.0. The molecule has 0 spiro atoms. The number of carbonyl (C=O) groups is 3. The third kappa shape index (κ3) is 20.2. The first-order valence-corrected chi connectivity index (χ1v) is 19.8. The van der Waals surface area contributed by atoms with Crippen molar-refractivity contribution < 1.29 is 14.4 Å². The summed E-state index contributed by atoms with van der Waals surface area (Å²) in [7, 11) is 0. The highest BCUT2D eigenvalue weighted by atomic mass is 16.2. The summed E-state index contributed by atoms with van der Waals surface area (Å²) >= 11 is 0. The molecule has 10 nitrogen and oxygen atoms in total. The van der Waals surface area contributed by atoms with E-state index >= 15 is 0 Å². The standard InChI is InChI=1S/C41H69N7O3/c1-2-3-4-5-6-7-8-9-10-11-12-13-14-15-16-26-39(49)47-38(32-34-33-46-36-24-18-17-23-35(34)36)41(51)48-37(25-21-27-42)40(50)45-31-20-19-29-44-30-22-28-43/h6-7,9-10,17-18,23-24,33,37-38,44,46H,2-5,8,11-16,19-22,25-32,42-43H2,1H3,(H,45,50)(H,47,49)(H,48,51)/b7-6-,10-9-. The molecule has 2 atom stereocenters. The van der Waals surface area contributed by atoms with Gasteiger partial charge in [0.2, 0.25) is 17.7 Å². The average molecular weight is 708 g/mol. The Morgan fingerprint density at radius 1 is 0.725 bits per heavy atom. The fourth-order valence-electron chi connectivity index (χ4n) is 6.02. The number of unbranched alkanes of at least 4 members (excludes halogenated alkanes) is 9. The zero-order valence-corrected chi connectivity index (χ0v) is 31.5. The SMILES string of the molecule is CCCCC/C=C\C/C=C\CCCCCCCC(=O)NC(Cc1c[nH]c2ccccc12)C(=O)NC(CCCN)C(=O)NCCCCNCCCN. The van der Waals surface area contributed by atoms with E-state index in [0.717, 1.165) is 93.8 Å². The molecule has 0 fully saturated rings. The third-order valence-corrected chi connectivity index (χ3v) is 9.07. The Morgan fingerprint density at radius 2 is 1.41 bits per heavy atom. The number of nitrogens with two attached hydrogens (primary N) is 2. The first kappa shape index (κ1) is 43.7. The van der Waals surface area contributed by atoms with Crippen molar-refractivity contribution in [2.24, 2.45) is 11.5 Å². The van der Waals surface area contributed by atoms with Crippen molar-refractivity contribution in [3.63, 3.8) is 0 Å². The van der Waals surface area contributed by atoms with Crippen molar-refractivity contribution in [2.45, 2.75) is 135 Å². The minimum Gasteiger partial charge on any atom is -0.361 e. The number of fused-ring (bicyclic) bond motifs is 1. The van der Waals surface area contributed by atoms with E-state index in [9.17, 15) is 14.4 Å². The summed E-state index contributed by atoms with van der Waals surface area (Å²) in [4.78, 5) is 43.3. The Bertz CT molecular complexity index is 1270. The fourth-order valence-corrected chi connectivity index (χ4v) is 6.02. The zero-order chi connectivity index (χ0) is 36.8. The van der Waals surface area contributed by atoms with Crippen molar-refractivity contribution >= 4 is 28.6 Å². The van der Waals surface area contributed by atoms with Crippen molar-refractivity contribution in [3.05, 3.63) is 60.3 Å². The maximum Gasteiger partial charge on any atom is 0.243 e. The van der Waals surface area contributed by atoms with Crippen LogP contribution in [-0.4, -0.2) is 67.5 Å². The van der Waals surface area contributed by atoms with E-state index in [-0.39, 0.29) is 17.7 Å². The van der Waals surface area contributed by atoms with E-state index in [1.807, 2.05) is 30.5 Å². The summed E-state index contributed by atoms with van der Waals surface area (Å²) in [6.07, 6.45) is 27.6. The highest BCUT2D eigenvalue weighted by Gasteiger charge is 2.27. The molecule has 0 bridgehead atoms. The Hall–Kier alpha value is -3.47. The molecule has 9 N–H and O–H groups in total. The Labute approximate surface area is 307 Å². The summed E-state index contributed by atoms with van der Waals surface area (Å²) in [5, 5.41) is 13.3. The highest BCUT2D eigenvalue weighted by Crippen LogP contribution is 2.19. The van der Waals surface area contributed by atoms with Gasteiger partial charge in [0.05, 0.1) is 0 Å². The predicted octanol–water partition coefficient (Wildman–Crippen LogP) is 6.07. The molecule has 0 aliphatic rings. The molecule has 2 unspecified atom stereocenters. The molecule has 3 amide bonds. The predicted molar refractivity (Wildman–Crippen MR) is 212 cm³/mol. The molecule has 51 heavy (non-hydrogen) atoms. The van der Waals surface area contributed by atoms with Crippen LogP contribution < -0.4 is 32.7 Å². The Morgan fingerprint density at radius 3 is 2.18 bits per heavy atom. The van der Waals surface area contributed by atoms with Crippen LogP contribution >= 0.6 is 0 Å². The van der Waals surface area contributed by atoms with Crippen molar-refractivity contribution in [2.75, 3.05) is 32.7 Å². The van der Waals surface area contributed by atoms with Gasteiger partial charge in [-0.2, -0.15) is 0 Å². The van der Waals surface area contributed by atoms with E-state index in [1.54, 1.807) is 0 Å². The molecule has 0 saturated carbocycles. The largest absolute Gasteiger partial charge is 0.361 e. The second-order valence-electron chi connectivity index (χ2n) is 13.5. The average Bonchev–Trinajstić information content (AvgIpc) is 3.54. The minimum absolute atomic E-state index is 0.149. The molecular formula is C41H69N7O3. The van der Waals surface area contributed by atoms with Gasteiger partial charge in [0, 0.05) is 36.5 Å². The molecule has 1 aromatic carbocycles. The number of nitrogens with one attached hydrogen (secondary N) is 5. The maximum atomic E-state index is 13.8. The Balaban J connectivity index is 1.85. The number of aromatic nitrogens is 1. The molecule has 1 heterocycles. The number of hydrogen-bond acceptors (Lipinski definition) is 6. The smallest absolute Gasteiger partial charge is 0.243 e. The van der Waals surface area contributed by atoms with Crippen molar-refractivity contribution in [1.29, 1.82) is 0 Å². The van der Waals surface area contributed by atoms with Gasteiger partial charge in [0.25, 0.3) is 0 Å². The second kappa shape index (κ2) is 29.1. The first-order chi connectivity index (χ1) is 25.0. The quantitative estimate of drug-likeness (QED) is 0.0371. The van der Waals surface area contributed by atoms with Gasteiger partial charge >= 0.3 is 0 Å². The molecule has 286 valence electrons. The number of amides is 3. The van der Waals surface area contributed by atoms with Crippen LogP contribution in [0.25, 0.3) is 10.9 Å². The normalized spacial score (nSPS) is 12.8. The van der Waals surface area contributed by atoms with Crippen molar-refractivity contribution in [1.82, 2.24) is 26.3 Å². The number of para-hydroxylation sites is 1. The van der Waals surface area contributed by atoms with Gasteiger partial charge in [-0.15, -0.1) is 0 Å². The van der Waals surface area contributed by atoms with Crippen LogP contribution in [0.5, 0.6) is 0 Å². The van der Waals surface area contributed by atoms with Crippen molar-refractivity contribution in [3.8, 4) is 0 Å². The number of carbonyl (C=O) groups excluding carboxylic acids is 3. The third-order valence-electron chi connectivity index (χ3n) is 9.07. The molecule has 10 heteroatoms. The lowest BCUT2D eigenvalue weighted by Crippen LogP contribution is -2.54. The zero-order valence-electron chi connectivity index (χ0n) is 31.5. The van der Waals surface area contributed by atoms with Gasteiger partial charge in [-0.25, -0.2) is 0 Å². The van der Waals surface area contributed by atoms with Gasteiger partial charge in [-0.3, -0.25) is 14.4 Å². The van der Waals surface area contributed by atoms with Gasteiger partial charge in [-0.1, -0.05) is 81.5 Å². The summed E-state index contributed by atoms with van der Waals surface area (Å²) in [5.74, 6) is -0.742. The number of allylic oxidation sites excluding steroid dienone is 4. The molecule has 0 saturated heterocycles. The number of H-pyrrole nitrogens is 1. The van der Waals surface area contributed by atoms with Crippen LogP contribution in [-0.2, 0) is 20.8 Å². The number of rotatable bonds is 31. The highest BCUT2D eigenvalue weighted by molar-refractivity contribution is 5.93. The van der Waals surface area contributed by atoms with Gasteiger partial charge < -0.3 is 37.7 Å². The number of hydrogen-bond donors (Lipinski definition) is 7. The molecule has 0 aliphatic heterocycles.